The van der Waals surface area contributed by atoms with E-state index in [0.29, 0.717) is 5.92 Å². The Labute approximate surface area is 135 Å². The van der Waals surface area contributed by atoms with E-state index in [1.54, 1.807) is 6.07 Å². The number of benzene rings is 1. The zero-order valence-corrected chi connectivity index (χ0v) is 14.5. The second-order valence-corrected chi connectivity index (χ2v) is 7.18. The van der Waals surface area contributed by atoms with Gasteiger partial charge in [-0.05, 0) is 59.5 Å². The Kier molecular flexibility index (Phi) is 6.23. The van der Waals surface area contributed by atoms with Crippen molar-refractivity contribution >= 4 is 22.6 Å². The molecule has 0 spiro atoms. The van der Waals surface area contributed by atoms with E-state index >= 15 is 0 Å². The molecule has 1 aliphatic heterocycles. The molecule has 1 N–H and O–H groups in total. The lowest BCUT2D eigenvalue weighted by Gasteiger charge is -2.36. The molecule has 0 amide bonds. The molecular weight excluding hydrogens is 366 g/mol. The average molecular weight is 390 g/mol. The van der Waals surface area contributed by atoms with Gasteiger partial charge in [0, 0.05) is 41.4 Å². The molecule has 1 aromatic carbocycles. The molecule has 112 valence electrons. The van der Waals surface area contributed by atoms with Crippen LogP contribution in [0, 0.1) is 15.3 Å². The van der Waals surface area contributed by atoms with Crippen LogP contribution in [-0.2, 0) is 0 Å². The molecule has 4 heteroatoms. The highest BCUT2D eigenvalue weighted by Crippen LogP contribution is 2.30. The van der Waals surface area contributed by atoms with Crippen molar-refractivity contribution in [3.63, 3.8) is 0 Å². The molecule has 1 aliphatic rings. The number of hydrogen-bond donors (Lipinski definition) is 1. The maximum absolute atomic E-state index is 14.3. The molecule has 0 aromatic heterocycles. The van der Waals surface area contributed by atoms with Crippen LogP contribution in [0.4, 0.5) is 4.39 Å². The van der Waals surface area contributed by atoms with Crippen molar-refractivity contribution in [3.8, 4) is 0 Å². The largest absolute Gasteiger partial charge is 0.314 e. The second-order valence-electron chi connectivity index (χ2n) is 5.94. The minimum atomic E-state index is -0.0577. The zero-order valence-electron chi connectivity index (χ0n) is 12.3. The quantitative estimate of drug-likeness (QED) is 0.770. The molecule has 2 nitrogen and oxygen atoms in total. The second kappa shape index (κ2) is 7.71. The normalized spacial score (nSPS) is 18.4. The van der Waals surface area contributed by atoms with Crippen molar-refractivity contribution < 1.29 is 4.39 Å². The summed E-state index contributed by atoms with van der Waals surface area (Å²) in [6.07, 6.45) is 2.17. The van der Waals surface area contributed by atoms with E-state index in [1.165, 1.54) is 0 Å². The van der Waals surface area contributed by atoms with Gasteiger partial charge in [0.05, 0.1) is 0 Å². The molecule has 1 heterocycles. The van der Waals surface area contributed by atoms with Gasteiger partial charge >= 0.3 is 0 Å². The van der Waals surface area contributed by atoms with Crippen molar-refractivity contribution in [2.75, 3.05) is 26.2 Å². The van der Waals surface area contributed by atoms with Gasteiger partial charge < -0.3 is 5.32 Å². The molecule has 0 unspecified atom stereocenters. The molecule has 0 radical (unpaired) electrons. The fourth-order valence-corrected chi connectivity index (χ4v) is 3.31. The van der Waals surface area contributed by atoms with Gasteiger partial charge in [0.25, 0.3) is 0 Å². The highest BCUT2D eigenvalue weighted by atomic mass is 127. The van der Waals surface area contributed by atoms with Crippen molar-refractivity contribution in [2.45, 2.75) is 32.7 Å². The molecule has 2 rings (SSSR count). The van der Waals surface area contributed by atoms with Gasteiger partial charge in [-0.3, -0.25) is 4.90 Å². The Morgan fingerprint density at radius 1 is 1.25 bits per heavy atom. The van der Waals surface area contributed by atoms with E-state index < -0.39 is 0 Å². The summed E-state index contributed by atoms with van der Waals surface area (Å²) in [5.74, 6) is 0.601. The zero-order chi connectivity index (χ0) is 14.5. The van der Waals surface area contributed by atoms with Gasteiger partial charge in [-0.25, -0.2) is 4.39 Å². The van der Waals surface area contributed by atoms with E-state index in [4.69, 9.17) is 0 Å². The van der Waals surface area contributed by atoms with Crippen molar-refractivity contribution in [1.82, 2.24) is 10.2 Å². The Bertz CT molecular complexity index is 430. The summed E-state index contributed by atoms with van der Waals surface area (Å²) in [6.45, 7) is 8.49. The Hall–Kier alpha value is -0.200. The van der Waals surface area contributed by atoms with E-state index in [2.05, 4.69) is 46.7 Å². The van der Waals surface area contributed by atoms with Crippen LogP contribution in [0.25, 0.3) is 0 Å². The number of nitrogens with one attached hydrogen (secondary N) is 1. The van der Waals surface area contributed by atoms with Gasteiger partial charge in [0.15, 0.2) is 0 Å². The lowest BCUT2D eigenvalue weighted by Crippen LogP contribution is -2.45. The first-order chi connectivity index (χ1) is 9.58. The van der Waals surface area contributed by atoms with Crippen LogP contribution in [0.2, 0.25) is 0 Å². The molecule has 0 aliphatic carbocycles. The third kappa shape index (κ3) is 4.40. The number of hydrogen-bond acceptors (Lipinski definition) is 2. The lowest BCUT2D eigenvalue weighted by atomic mass is 9.95. The smallest absolute Gasteiger partial charge is 0.128 e. The van der Waals surface area contributed by atoms with Crippen LogP contribution < -0.4 is 5.32 Å². The van der Waals surface area contributed by atoms with Gasteiger partial charge in [-0.15, -0.1) is 0 Å². The van der Waals surface area contributed by atoms with Crippen LogP contribution in [0.15, 0.2) is 18.2 Å². The molecule has 1 fully saturated rings. The maximum Gasteiger partial charge on any atom is 0.128 e. The van der Waals surface area contributed by atoms with Crippen LogP contribution in [0.3, 0.4) is 0 Å². The predicted molar refractivity (Wildman–Crippen MR) is 90.4 cm³/mol. The molecule has 1 saturated heterocycles. The Morgan fingerprint density at radius 3 is 2.60 bits per heavy atom. The summed E-state index contributed by atoms with van der Waals surface area (Å²) >= 11 is 2.27. The molecular formula is C16H24FIN2. The first kappa shape index (κ1) is 16.2. The van der Waals surface area contributed by atoms with Gasteiger partial charge in [-0.2, -0.15) is 0 Å². The summed E-state index contributed by atoms with van der Waals surface area (Å²) in [5.41, 5.74) is 0.874. The molecule has 0 bridgehead atoms. The van der Waals surface area contributed by atoms with E-state index in [0.717, 1.165) is 48.2 Å². The van der Waals surface area contributed by atoms with Gasteiger partial charge in [-0.1, -0.05) is 13.8 Å². The predicted octanol–water partition coefficient (Wildman–Crippen LogP) is 3.81. The third-order valence-electron chi connectivity index (χ3n) is 3.93. The summed E-state index contributed by atoms with van der Waals surface area (Å²) in [7, 11) is 0. The van der Waals surface area contributed by atoms with Crippen molar-refractivity contribution in [3.05, 3.63) is 33.1 Å². The lowest BCUT2D eigenvalue weighted by molar-refractivity contribution is 0.156. The highest BCUT2D eigenvalue weighted by molar-refractivity contribution is 14.1. The first-order valence-corrected chi connectivity index (χ1v) is 8.55. The molecule has 1 aromatic rings. The average Bonchev–Trinajstić information content (AvgIpc) is 2.43. The maximum atomic E-state index is 14.3. The SMILES string of the molecule is CC(C)CC[C@@H](c1cc(I)ccc1F)N1CCNCC1. The topological polar surface area (TPSA) is 15.3 Å². The minimum Gasteiger partial charge on any atom is -0.314 e. The fourth-order valence-electron chi connectivity index (χ4n) is 2.79. The van der Waals surface area contributed by atoms with E-state index in [1.807, 2.05) is 12.1 Å². The Balaban J connectivity index is 2.21. The third-order valence-corrected chi connectivity index (χ3v) is 4.60. The standard InChI is InChI=1S/C16H24FIN2/c1-12(2)3-6-16(20-9-7-19-8-10-20)14-11-13(18)4-5-15(14)17/h4-5,11-12,16,19H,3,6-10H2,1-2H3/t16-/m0/s1. The molecule has 20 heavy (non-hydrogen) atoms. The van der Waals surface area contributed by atoms with E-state index in [9.17, 15) is 4.39 Å². The minimum absolute atomic E-state index is 0.0577. The summed E-state index contributed by atoms with van der Waals surface area (Å²) < 4.78 is 15.4. The fraction of sp³-hybridized carbons (Fsp3) is 0.625. The number of rotatable bonds is 5. The van der Waals surface area contributed by atoms with Crippen molar-refractivity contribution in [2.24, 2.45) is 5.92 Å². The molecule has 1 atom stereocenters. The summed E-state index contributed by atoms with van der Waals surface area (Å²) in [5, 5.41) is 3.38. The Morgan fingerprint density at radius 2 is 1.95 bits per heavy atom. The summed E-state index contributed by atoms with van der Waals surface area (Å²) in [6, 6.07) is 5.69. The van der Waals surface area contributed by atoms with Crippen LogP contribution in [-0.4, -0.2) is 31.1 Å². The highest BCUT2D eigenvalue weighted by Gasteiger charge is 2.24. The monoisotopic (exact) mass is 390 g/mol. The van der Waals surface area contributed by atoms with Gasteiger partial charge in [0.2, 0.25) is 0 Å². The molecule has 0 saturated carbocycles. The number of halogens is 2. The first-order valence-electron chi connectivity index (χ1n) is 7.47. The van der Waals surface area contributed by atoms with E-state index in [-0.39, 0.29) is 11.9 Å². The van der Waals surface area contributed by atoms with Crippen LogP contribution in [0.1, 0.15) is 38.3 Å². The van der Waals surface area contributed by atoms with Crippen LogP contribution in [0.5, 0.6) is 0 Å². The number of piperazine rings is 1. The van der Waals surface area contributed by atoms with Crippen molar-refractivity contribution in [1.29, 1.82) is 0 Å². The van der Waals surface area contributed by atoms with Gasteiger partial charge in [0.1, 0.15) is 5.82 Å². The number of nitrogens with zero attached hydrogens (tertiary/aromatic N) is 1. The van der Waals surface area contributed by atoms with Crippen LogP contribution >= 0.6 is 22.6 Å². The summed E-state index contributed by atoms with van der Waals surface area (Å²) in [4.78, 5) is 2.44.